The van der Waals surface area contributed by atoms with Crippen molar-refractivity contribution in [2.45, 2.75) is 48.5 Å². The highest BCUT2D eigenvalue weighted by Crippen LogP contribution is 2.39. The predicted octanol–water partition coefficient (Wildman–Crippen LogP) is 7.93. The van der Waals surface area contributed by atoms with Crippen molar-refractivity contribution in [3.05, 3.63) is 92.5 Å². The number of anilines is 2. The number of halogens is 2. The standard InChI is InChI=1S/C26H30Cl2N2/c1-16-10-19(4)25(20(5)11-16)29-8-9-30(24(29)14-18(3)23(28)15-27)26-21(6)12-17(2)13-22(26)7/h8-14H,15H2,1-7H3. The molecule has 2 nitrogen and oxygen atoms in total. The van der Waals surface area contributed by atoms with Crippen LogP contribution < -0.4 is 9.80 Å². The fourth-order valence-electron chi connectivity index (χ4n) is 4.40. The third kappa shape index (κ3) is 4.31. The maximum atomic E-state index is 6.39. The van der Waals surface area contributed by atoms with Crippen molar-refractivity contribution in [1.29, 1.82) is 0 Å². The summed E-state index contributed by atoms with van der Waals surface area (Å²) in [5.41, 5.74) is 10.9. The summed E-state index contributed by atoms with van der Waals surface area (Å²) in [4.78, 5) is 4.51. The number of allylic oxidation sites excluding steroid dienone is 3. The Bertz CT molecular complexity index is 961. The molecule has 0 bridgehead atoms. The Balaban J connectivity index is 2.22. The number of hydrogen-bond donors (Lipinski definition) is 0. The normalized spacial score (nSPS) is 14.5. The minimum absolute atomic E-state index is 0.301. The van der Waals surface area contributed by atoms with Gasteiger partial charge in [-0.3, -0.25) is 0 Å². The van der Waals surface area contributed by atoms with Crippen molar-refractivity contribution in [2.24, 2.45) is 0 Å². The third-order valence-electron chi connectivity index (χ3n) is 5.50. The van der Waals surface area contributed by atoms with Crippen LogP contribution in [0.1, 0.15) is 40.3 Å². The number of aryl methyl sites for hydroxylation is 6. The van der Waals surface area contributed by atoms with Gasteiger partial charge >= 0.3 is 0 Å². The average Bonchev–Trinajstić information content (AvgIpc) is 3.02. The van der Waals surface area contributed by atoms with Crippen LogP contribution in [0.5, 0.6) is 0 Å². The molecular formula is C26H30Cl2N2. The van der Waals surface area contributed by atoms with Crippen LogP contribution >= 0.6 is 23.2 Å². The Labute approximate surface area is 191 Å². The Morgan fingerprint density at radius 3 is 1.47 bits per heavy atom. The summed E-state index contributed by atoms with van der Waals surface area (Å²) in [6.07, 6.45) is 6.40. The maximum absolute atomic E-state index is 6.39. The van der Waals surface area contributed by atoms with E-state index in [1.165, 1.54) is 44.8 Å². The number of nitrogens with zero attached hydrogens (tertiary/aromatic N) is 2. The zero-order valence-electron chi connectivity index (χ0n) is 18.9. The van der Waals surface area contributed by atoms with Crippen LogP contribution in [-0.4, -0.2) is 5.88 Å². The second-order valence-corrected chi connectivity index (χ2v) is 8.98. The van der Waals surface area contributed by atoms with Crippen molar-refractivity contribution in [1.82, 2.24) is 0 Å². The van der Waals surface area contributed by atoms with E-state index in [2.05, 4.69) is 94.1 Å². The molecule has 0 atom stereocenters. The van der Waals surface area contributed by atoms with Gasteiger partial charge in [-0.05, 0) is 82.4 Å². The van der Waals surface area contributed by atoms with Gasteiger partial charge in [0.25, 0.3) is 0 Å². The molecule has 2 aromatic rings. The van der Waals surface area contributed by atoms with E-state index >= 15 is 0 Å². The molecule has 2 aromatic carbocycles. The van der Waals surface area contributed by atoms with Crippen LogP contribution in [-0.2, 0) is 0 Å². The van der Waals surface area contributed by atoms with E-state index in [0.29, 0.717) is 10.9 Å². The molecule has 0 fully saturated rings. The van der Waals surface area contributed by atoms with Gasteiger partial charge in [0.05, 0.1) is 17.3 Å². The highest BCUT2D eigenvalue weighted by molar-refractivity contribution is 6.36. The fourth-order valence-corrected chi connectivity index (χ4v) is 4.67. The van der Waals surface area contributed by atoms with Crippen LogP contribution in [0.4, 0.5) is 11.4 Å². The lowest BCUT2D eigenvalue weighted by Gasteiger charge is -2.30. The van der Waals surface area contributed by atoms with Crippen molar-refractivity contribution >= 4 is 34.6 Å². The summed E-state index contributed by atoms with van der Waals surface area (Å²) in [6, 6.07) is 8.92. The highest BCUT2D eigenvalue weighted by Gasteiger charge is 2.27. The van der Waals surface area contributed by atoms with Crippen LogP contribution in [0.2, 0.25) is 0 Å². The fraction of sp³-hybridized carbons (Fsp3) is 0.308. The molecule has 1 aliphatic heterocycles. The van der Waals surface area contributed by atoms with Crippen LogP contribution in [0.3, 0.4) is 0 Å². The quantitative estimate of drug-likeness (QED) is 0.445. The molecule has 0 spiro atoms. The first-order chi connectivity index (χ1) is 14.1. The summed E-state index contributed by atoms with van der Waals surface area (Å²) in [5, 5.41) is 0.658. The molecule has 4 heteroatoms. The monoisotopic (exact) mass is 440 g/mol. The van der Waals surface area contributed by atoms with Gasteiger partial charge in [0.2, 0.25) is 0 Å². The van der Waals surface area contributed by atoms with Gasteiger partial charge in [-0.25, -0.2) is 0 Å². The zero-order chi connectivity index (χ0) is 22.2. The van der Waals surface area contributed by atoms with Crippen molar-refractivity contribution in [2.75, 3.05) is 15.7 Å². The van der Waals surface area contributed by atoms with E-state index in [-0.39, 0.29) is 0 Å². The maximum Gasteiger partial charge on any atom is 0.122 e. The van der Waals surface area contributed by atoms with E-state index in [0.717, 1.165) is 11.4 Å². The molecule has 158 valence electrons. The lowest BCUT2D eigenvalue weighted by atomic mass is 10.0. The van der Waals surface area contributed by atoms with Gasteiger partial charge in [-0.2, -0.15) is 0 Å². The minimum Gasteiger partial charge on any atom is -0.301 e. The van der Waals surface area contributed by atoms with E-state index < -0.39 is 0 Å². The molecule has 0 N–H and O–H groups in total. The van der Waals surface area contributed by atoms with E-state index in [9.17, 15) is 0 Å². The van der Waals surface area contributed by atoms with Gasteiger partial charge in [-0.1, -0.05) is 47.0 Å². The Morgan fingerprint density at radius 2 is 1.13 bits per heavy atom. The van der Waals surface area contributed by atoms with Gasteiger partial charge in [-0.15, -0.1) is 11.6 Å². The molecule has 0 unspecified atom stereocenters. The molecule has 1 aliphatic rings. The minimum atomic E-state index is 0.301. The molecule has 30 heavy (non-hydrogen) atoms. The van der Waals surface area contributed by atoms with Crippen LogP contribution in [0, 0.1) is 41.5 Å². The van der Waals surface area contributed by atoms with Crippen LogP contribution in [0.15, 0.2) is 59.2 Å². The van der Waals surface area contributed by atoms with Crippen molar-refractivity contribution in [3.63, 3.8) is 0 Å². The topological polar surface area (TPSA) is 6.48 Å². The van der Waals surface area contributed by atoms with Gasteiger partial charge < -0.3 is 9.80 Å². The first-order valence-corrected chi connectivity index (χ1v) is 11.1. The van der Waals surface area contributed by atoms with Gasteiger partial charge in [0, 0.05) is 17.4 Å². The van der Waals surface area contributed by atoms with Crippen molar-refractivity contribution in [3.8, 4) is 0 Å². The number of rotatable bonds is 4. The molecule has 0 aromatic heterocycles. The summed E-state index contributed by atoms with van der Waals surface area (Å²) in [6.45, 7) is 15.0. The second kappa shape index (κ2) is 8.91. The van der Waals surface area contributed by atoms with Gasteiger partial charge in [0.15, 0.2) is 0 Å². The molecule has 0 radical (unpaired) electrons. The Kier molecular flexibility index (Phi) is 6.69. The smallest absolute Gasteiger partial charge is 0.122 e. The molecule has 0 saturated heterocycles. The Hall–Kier alpha value is -2.16. The summed E-state index contributed by atoms with van der Waals surface area (Å²) < 4.78 is 0. The first kappa shape index (κ1) is 22.5. The van der Waals surface area contributed by atoms with Crippen molar-refractivity contribution < 1.29 is 0 Å². The van der Waals surface area contributed by atoms with Gasteiger partial charge in [0.1, 0.15) is 5.82 Å². The first-order valence-electron chi connectivity index (χ1n) is 10.2. The zero-order valence-corrected chi connectivity index (χ0v) is 20.4. The van der Waals surface area contributed by atoms with E-state index in [4.69, 9.17) is 23.2 Å². The molecule has 0 amide bonds. The molecular weight excluding hydrogens is 411 g/mol. The SMILES string of the molecule is CC(C=C1N(c2c(C)cc(C)cc2C)C=CN1c1c(C)cc(C)cc1C)=C(Cl)CCl. The molecule has 0 aliphatic carbocycles. The summed E-state index contributed by atoms with van der Waals surface area (Å²) in [7, 11) is 0. The molecule has 3 rings (SSSR count). The molecule has 1 heterocycles. The lowest BCUT2D eigenvalue weighted by Crippen LogP contribution is -2.25. The average molecular weight is 441 g/mol. The number of alkyl halides is 1. The summed E-state index contributed by atoms with van der Waals surface area (Å²) in [5.74, 6) is 1.34. The number of benzene rings is 2. The largest absolute Gasteiger partial charge is 0.301 e. The van der Waals surface area contributed by atoms with E-state index in [1.54, 1.807) is 0 Å². The third-order valence-corrected chi connectivity index (χ3v) is 6.34. The number of hydrogen-bond acceptors (Lipinski definition) is 2. The Morgan fingerprint density at radius 1 is 0.767 bits per heavy atom. The molecule has 0 saturated carbocycles. The predicted molar refractivity (Wildman–Crippen MR) is 133 cm³/mol. The lowest BCUT2D eigenvalue weighted by molar-refractivity contribution is 1.07. The van der Waals surface area contributed by atoms with Crippen LogP contribution in [0.25, 0.3) is 0 Å². The van der Waals surface area contributed by atoms with E-state index in [1.807, 2.05) is 6.92 Å². The highest BCUT2D eigenvalue weighted by atomic mass is 35.5. The second-order valence-electron chi connectivity index (χ2n) is 8.26. The summed E-state index contributed by atoms with van der Waals surface area (Å²) >= 11 is 12.4.